The Balaban J connectivity index is 1.36. The fraction of sp³-hybridized carbons (Fsp3) is 0.676. The first-order chi connectivity index (χ1) is 23.4. The molecule has 1 aliphatic rings. The van der Waals surface area contributed by atoms with Gasteiger partial charge in [-0.1, -0.05) is 69.6 Å². The largest absolute Gasteiger partial charge is 0.487 e. The normalized spacial score (nSPS) is 16.3. The Labute approximate surface area is 282 Å². The summed E-state index contributed by atoms with van der Waals surface area (Å²) in [6, 6.07) is 13.7. The maximum atomic E-state index is 8.85. The van der Waals surface area contributed by atoms with E-state index in [0.29, 0.717) is 109 Å². The minimum Gasteiger partial charge on any atom is -0.487 e. The summed E-state index contributed by atoms with van der Waals surface area (Å²) < 4.78 is 46.5. The van der Waals surface area contributed by atoms with Crippen LogP contribution in [0.25, 0.3) is 0 Å². The summed E-state index contributed by atoms with van der Waals surface area (Å²) in [4.78, 5) is 0. The van der Waals surface area contributed by atoms with Gasteiger partial charge < -0.3 is 48.3 Å². The number of benzene rings is 2. The maximum Gasteiger partial charge on any atom is 0.161 e. The van der Waals surface area contributed by atoms with E-state index in [4.69, 9.17) is 43.0 Å². The van der Waals surface area contributed by atoms with Crippen LogP contribution in [0.5, 0.6) is 23.0 Å². The summed E-state index contributed by atoms with van der Waals surface area (Å²) in [5, 5.41) is 12.4. The zero-order valence-corrected chi connectivity index (χ0v) is 28.4. The van der Waals surface area contributed by atoms with Crippen molar-refractivity contribution in [2.24, 2.45) is 0 Å². The van der Waals surface area contributed by atoms with Crippen molar-refractivity contribution in [1.82, 2.24) is 5.32 Å². The van der Waals surface area contributed by atoms with Crippen molar-refractivity contribution in [3.8, 4) is 23.0 Å². The van der Waals surface area contributed by atoms with E-state index >= 15 is 0 Å². The summed E-state index contributed by atoms with van der Waals surface area (Å²) in [6.07, 6.45) is 12.4. The van der Waals surface area contributed by atoms with E-state index in [2.05, 4.69) is 11.4 Å². The lowest BCUT2D eigenvalue weighted by molar-refractivity contribution is 0.0223. The van der Waals surface area contributed by atoms with Gasteiger partial charge in [-0.3, -0.25) is 0 Å². The first kappa shape index (κ1) is 38.8. The molecule has 0 aromatic heterocycles. The highest BCUT2D eigenvalue weighted by molar-refractivity contribution is 5.43. The first-order valence-corrected chi connectivity index (χ1v) is 17.7. The molecule has 10 heteroatoms. The maximum absolute atomic E-state index is 8.85. The van der Waals surface area contributed by atoms with Crippen molar-refractivity contribution in [2.75, 3.05) is 92.4 Å². The summed E-state index contributed by atoms with van der Waals surface area (Å²) in [6.45, 7) is 7.43. The van der Waals surface area contributed by atoms with E-state index in [-0.39, 0.29) is 0 Å². The molecule has 0 atom stereocenters. The number of para-hydroxylation sites is 2. The van der Waals surface area contributed by atoms with Crippen molar-refractivity contribution in [3.05, 3.63) is 48.0 Å². The van der Waals surface area contributed by atoms with Gasteiger partial charge in [0, 0.05) is 13.2 Å². The van der Waals surface area contributed by atoms with Crippen LogP contribution >= 0.6 is 0 Å². The van der Waals surface area contributed by atoms with Gasteiger partial charge in [-0.05, 0) is 49.2 Å². The van der Waals surface area contributed by atoms with Gasteiger partial charge in [-0.2, -0.15) is 0 Å². The molecule has 266 valence electrons. The van der Waals surface area contributed by atoms with Gasteiger partial charge in [0.2, 0.25) is 0 Å². The van der Waals surface area contributed by atoms with Crippen molar-refractivity contribution in [3.63, 3.8) is 0 Å². The van der Waals surface area contributed by atoms with Crippen molar-refractivity contribution >= 4 is 0 Å². The van der Waals surface area contributed by atoms with Crippen LogP contribution in [0.4, 0.5) is 0 Å². The molecule has 0 aliphatic carbocycles. The number of rotatable bonds is 14. The summed E-state index contributed by atoms with van der Waals surface area (Å²) in [5.74, 6) is 2.76. The van der Waals surface area contributed by atoms with Crippen LogP contribution in [0.2, 0.25) is 0 Å². The van der Waals surface area contributed by atoms with Crippen LogP contribution in [0.3, 0.4) is 0 Å². The summed E-state index contributed by atoms with van der Waals surface area (Å²) >= 11 is 0. The lowest BCUT2D eigenvalue weighted by Crippen LogP contribution is -2.16. The molecular weight excluding hydrogens is 602 g/mol. The molecule has 0 amide bonds. The van der Waals surface area contributed by atoms with Crippen molar-refractivity contribution in [2.45, 2.75) is 70.8 Å². The average Bonchev–Trinajstić information content (AvgIpc) is 3.09. The molecule has 10 nitrogen and oxygen atoms in total. The molecule has 1 aliphatic heterocycles. The fourth-order valence-electron chi connectivity index (χ4n) is 5.08. The quantitative estimate of drug-likeness (QED) is 0.236. The molecule has 0 fully saturated rings. The predicted molar refractivity (Wildman–Crippen MR) is 183 cm³/mol. The number of ether oxygens (including phenoxy) is 8. The molecule has 0 saturated carbocycles. The lowest BCUT2D eigenvalue weighted by Gasteiger charge is -2.15. The van der Waals surface area contributed by atoms with E-state index in [1.165, 1.54) is 51.4 Å². The topological polar surface area (TPSA) is 106 Å². The molecule has 1 heterocycles. The second-order valence-corrected chi connectivity index (χ2v) is 11.5. The molecule has 2 aromatic rings. The molecule has 3 rings (SSSR count). The Kier molecular flexibility index (Phi) is 22.6. The molecular formula is C37H59NO9. The van der Waals surface area contributed by atoms with E-state index < -0.39 is 0 Å². The van der Waals surface area contributed by atoms with Gasteiger partial charge in [0.05, 0.1) is 52.9 Å². The Morgan fingerprint density at radius 3 is 1.34 bits per heavy atom. The average molecular weight is 662 g/mol. The van der Waals surface area contributed by atoms with Crippen LogP contribution in [-0.2, 0) is 25.5 Å². The van der Waals surface area contributed by atoms with Gasteiger partial charge in [0.1, 0.15) is 26.4 Å². The number of nitrogens with one attached hydrogen (secondary N) is 1. The third kappa shape index (κ3) is 19.1. The van der Waals surface area contributed by atoms with Crippen molar-refractivity contribution < 1.29 is 43.0 Å². The standard InChI is InChI=1S/C37H59NO9/c39-18-12-8-6-4-2-1-3-5-7-11-17-38-32-33-15-16-36-37(31-33)47-30-26-43-22-21-41-24-28-45-35-14-10-9-13-34(35)44-27-23-40-19-20-42-25-29-46-36/h9-10,13-16,31,38-39H,1-8,11-12,17-30,32H2. The zero-order chi connectivity index (χ0) is 32.9. The Morgan fingerprint density at radius 1 is 0.447 bits per heavy atom. The second-order valence-electron chi connectivity index (χ2n) is 11.5. The van der Waals surface area contributed by atoms with E-state index in [1.54, 1.807) is 0 Å². The second kappa shape index (κ2) is 27.4. The third-order valence-electron chi connectivity index (χ3n) is 7.63. The van der Waals surface area contributed by atoms with Gasteiger partial charge >= 0.3 is 0 Å². The molecule has 47 heavy (non-hydrogen) atoms. The van der Waals surface area contributed by atoms with Crippen LogP contribution in [0.15, 0.2) is 42.5 Å². The zero-order valence-electron chi connectivity index (χ0n) is 28.4. The SMILES string of the molecule is OCCCCCCCCCCCCNCc1ccc2c(c1)OCCOCCOCCOc1ccccc1OCCOCCOCCO2. The fourth-order valence-corrected chi connectivity index (χ4v) is 5.08. The smallest absolute Gasteiger partial charge is 0.161 e. The van der Waals surface area contributed by atoms with E-state index in [9.17, 15) is 0 Å². The Bertz CT molecular complexity index is 1030. The highest BCUT2D eigenvalue weighted by Crippen LogP contribution is 2.29. The lowest BCUT2D eigenvalue weighted by atomic mass is 10.1. The minimum atomic E-state index is 0.327. The van der Waals surface area contributed by atoms with Crippen LogP contribution in [0.1, 0.15) is 69.8 Å². The van der Waals surface area contributed by atoms with Crippen LogP contribution in [-0.4, -0.2) is 97.5 Å². The number of hydrogen-bond acceptors (Lipinski definition) is 10. The molecule has 2 N–H and O–H groups in total. The molecule has 0 unspecified atom stereocenters. The Morgan fingerprint density at radius 2 is 0.851 bits per heavy atom. The molecule has 0 saturated heterocycles. The summed E-state index contributed by atoms with van der Waals surface area (Å²) in [5.41, 5.74) is 1.15. The Hall–Kier alpha value is -2.60. The predicted octanol–water partition coefficient (Wildman–Crippen LogP) is 5.96. The number of aliphatic hydroxyl groups excluding tert-OH is 1. The molecule has 0 radical (unpaired) electrons. The van der Waals surface area contributed by atoms with Crippen LogP contribution in [0, 0.1) is 0 Å². The summed E-state index contributed by atoms with van der Waals surface area (Å²) in [7, 11) is 0. The molecule has 0 bridgehead atoms. The first-order valence-electron chi connectivity index (χ1n) is 17.7. The van der Waals surface area contributed by atoms with Gasteiger partial charge in [-0.15, -0.1) is 0 Å². The van der Waals surface area contributed by atoms with Crippen molar-refractivity contribution in [1.29, 1.82) is 0 Å². The number of unbranched alkanes of at least 4 members (excludes halogenated alkanes) is 9. The van der Waals surface area contributed by atoms with Gasteiger partial charge in [0.15, 0.2) is 23.0 Å². The van der Waals surface area contributed by atoms with Gasteiger partial charge in [-0.25, -0.2) is 0 Å². The van der Waals surface area contributed by atoms with E-state index in [0.717, 1.165) is 31.5 Å². The third-order valence-corrected chi connectivity index (χ3v) is 7.63. The highest BCUT2D eigenvalue weighted by Gasteiger charge is 2.09. The molecule has 0 spiro atoms. The number of hydrogen-bond donors (Lipinski definition) is 2. The van der Waals surface area contributed by atoms with Gasteiger partial charge in [0.25, 0.3) is 0 Å². The number of fused-ring (bicyclic) bond motifs is 2. The highest BCUT2D eigenvalue weighted by atomic mass is 16.6. The number of aliphatic hydroxyl groups is 1. The minimum absolute atomic E-state index is 0.327. The molecule has 2 aromatic carbocycles. The van der Waals surface area contributed by atoms with Crippen LogP contribution < -0.4 is 24.3 Å². The van der Waals surface area contributed by atoms with E-state index in [1.807, 2.05) is 36.4 Å². The monoisotopic (exact) mass is 661 g/mol.